The van der Waals surface area contributed by atoms with Gasteiger partial charge < -0.3 is 10.0 Å². The molecule has 0 radical (unpaired) electrons. The number of H-pyrrole nitrogens is 1. The van der Waals surface area contributed by atoms with E-state index >= 15 is 0 Å². The van der Waals surface area contributed by atoms with Crippen molar-refractivity contribution >= 4 is 5.91 Å². The molecule has 5 heteroatoms. The average Bonchev–Trinajstić information content (AvgIpc) is 2.93. The number of carbonyl (C=O) groups is 1. The van der Waals surface area contributed by atoms with Gasteiger partial charge in [0.05, 0.1) is 5.69 Å². The van der Waals surface area contributed by atoms with Gasteiger partial charge in [-0.25, -0.2) is 0 Å². The third-order valence-corrected chi connectivity index (χ3v) is 5.02. The summed E-state index contributed by atoms with van der Waals surface area (Å²) in [6, 6.07) is 14.7. The normalized spacial score (nSPS) is 14.0. The minimum atomic E-state index is 0.000513. The zero-order chi connectivity index (χ0) is 18.1. The molecule has 0 spiro atoms. The number of aromatic hydroxyl groups is 1. The van der Waals surface area contributed by atoms with E-state index in [1.165, 1.54) is 11.1 Å². The number of aromatic nitrogens is 2. The first-order valence-corrected chi connectivity index (χ1v) is 8.84. The number of aryl methyl sites for hydroxylation is 1. The van der Waals surface area contributed by atoms with E-state index in [-0.39, 0.29) is 11.7 Å². The predicted octanol–water partition coefficient (Wildman–Crippen LogP) is 3.33. The smallest absolute Gasteiger partial charge is 0.253 e. The van der Waals surface area contributed by atoms with E-state index in [4.69, 9.17) is 0 Å². The molecular weight excluding hydrogens is 326 g/mol. The zero-order valence-electron chi connectivity index (χ0n) is 14.7. The molecule has 0 bridgehead atoms. The van der Waals surface area contributed by atoms with Gasteiger partial charge in [0.2, 0.25) is 0 Å². The molecule has 1 aromatic heterocycles. The van der Waals surface area contributed by atoms with Crippen LogP contribution in [0.15, 0.2) is 48.5 Å². The molecule has 132 valence electrons. The Bertz CT molecular complexity index is 944. The van der Waals surface area contributed by atoms with Crippen molar-refractivity contribution < 1.29 is 9.90 Å². The van der Waals surface area contributed by atoms with E-state index in [2.05, 4.69) is 29.3 Å². The van der Waals surface area contributed by atoms with Crippen LogP contribution in [0.2, 0.25) is 0 Å². The summed E-state index contributed by atoms with van der Waals surface area (Å²) in [5.74, 6) is 0.168. The Kier molecular flexibility index (Phi) is 4.21. The van der Waals surface area contributed by atoms with Crippen LogP contribution in [0.4, 0.5) is 0 Å². The molecule has 0 saturated carbocycles. The van der Waals surface area contributed by atoms with Crippen molar-refractivity contribution in [2.45, 2.75) is 19.8 Å². The second kappa shape index (κ2) is 6.67. The Labute approximate surface area is 152 Å². The summed E-state index contributed by atoms with van der Waals surface area (Å²) in [5.41, 5.74) is 6.26. The lowest BCUT2D eigenvalue weighted by molar-refractivity contribution is 0.0763. The maximum Gasteiger partial charge on any atom is 0.253 e. The molecule has 2 aromatic carbocycles. The molecule has 2 heterocycles. The number of nitrogens with zero attached hydrogens (tertiary/aromatic N) is 2. The SMILES string of the molecule is Cc1ccccc1-c1n[nH]c2c1CCN(C(=O)c1ccc(O)cc1)CC2. The van der Waals surface area contributed by atoms with Crippen molar-refractivity contribution in [1.82, 2.24) is 15.1 Å². The van der Waals surface area contributed by atoms with Gasteiger partial charge in [0.1, 0.15) is 5.75 Å². The minimum absolute atomic E-state index is 0.000513. The first-order valence-electron chi connectivity index (χ1n) is 8.84. The first-order chi connectivity index (χ1) is 12.6. The van der Waals surface area contributed by atoms with Crippen LogP contribution in [0.3, 0.4) is 0 Å². The van der Waals surface area contributed by atoms with Gasteiger partial charge in [-0.2, -0.15) is 5.10 Å². The van der Waals surface area contributed by atoms with Crippen LogP contribution in [0.25, 0.3) is 11.3 Å². The Balaban J connectivity index is 1.58. The average molecular weight is 347 g/mol. The Hall–Kier alpha value is -3.08. The number of amides is 1. The number of phenolic OH excluding ortho intramolecular Hbond substituents is 1. The summed E-state index contributed by atoms with van der Waals surface area (Å²) in [6.07, 6.45) is 1.54. The molecule has 1 aliphatic heterocycles. The van der Waals surface area contributed by atoms with Gasteiger partial charge in [0, 0.05) is 41.9 Å². The van der Waals surface area contributed by atoms with E-state index < -0.39 is 0 Å². The highest BCUT2D eigenvalue weighted by molar-refractivity contribution is 5.94. The topological polar surface area (TPSA) is 69.2 Å². The number of nitrogens with one attached hydrogen (secondary N) is 1. The van der Waals surface area contributed by atoms with Crippen molar-refractivity contribution in [3.05, 3.63) is 70.9 Å². The van der Waals surface area contributed by atoms with Crippen molar-refractivity contribution in [3.8, 4) is 17.0 Å². The lowest BCUT2D eigenvalue weighted by atomic mass is 9.99. The van der Waals surface area contributed by atoms with Gasteiger partial charge in [0.15, 0.2) is 0 Å². The van der Waals surface area contributed by atoms with Gasteiger partial charge in [-0.3, -0.25) is 9.89 Å². The zero-order valence-corrected chi connectivity index (χ0v) is 14.7. The van der Waals surface area contributed by atoms with Gasteiger partial charge >= 0.3 is 0 Å². The van der Waals surface area contributed by atoms with Crippen LogP contribution in [-0.4, -0.2) is 39.2 Å². The number of aromatic amines is 1. The number of fused-ring (bicyclic) bond motifs is 1. The van der Waals surface area contributed by atoms with Crippen molar-refractivity contribution in [3.63, 3.8) is 0 Å². The maximum absolute atomic E-state index is 12.8. The second-order valence-electron chi connectivity index (χ2n) is 6.68. The maximum atomic E-state index is 12.8. The van der Waals surface area contributed by atoms with Gasteiger partial charge in [-0.1, -0.05) is 24.3 Å². The van der Waals surface area contributed by atoms with Crippen molar-refractivity contribution in [2.24, 2.45) is 0 Å². The van der Waals surface area contributed by atoms with Crippen LogP contribution < -0.4 is 0 Å². The molecule has 1 aliphatic rings. The summed E-state index contributed by atoms with van der Waals surface area (Å²) >= 11 is 0. The Morgan fingerprint density at radius 1 is 1.08 bits per heavy atom. The molecule has 5 nitrogen and oxygen atoms in total. The van der Waals surface area contributed by atoms with Gasteiger partial charge in [-0.05, 0) is 43.2 Å². The van der Waals surface area contributed by atoms with Crippen molar-refractivity contribution in [1.29, 1.82) is 0 Å². The largest absolute Gasteiger partial charge is 0.508 e. The number of hydrogen-bond donors (Lipinski definition) is 2. The summed E-state index contributed by atoms with van der Waals surface area (Å²) in [4.78, 5) is 14.6. The Morgan fingerprint density at radius 3 is 2.58 bits per heavy atom. The Morgan fingerprint density at radius 2 is 1.81 bits per heavy atom. The first kappa shape index (κ1) is 16.4. The molecular formula is C21H21N3O2. The monoisotopic (exact) mass is 347 g/mol. The fourth-order valence-electron chi connectivity index (χ4n) is 3.53. The molecule has 0 atom stereocenters. The molecule has 3 aromatic rings. The summed E-state index contributed by atoms with van der Waals surface area (Å²) in [6.45, 7) is 3.40. The second-order valence-corrected chi connectivity index (χ2v) is 6.68. The van der Waals surface area contributed by atoms with Crippen LogP contribution in [-0.2, 0) is 12.8 Å². The third kappa shape index (κ3) is 2.96. The highest BCUT2D eigenvalue weighted by Gasteiger charge is 2.24. The summed E-state index contributed by atoms with van der Waals surface area (Å²) < 4.78 is 0. The van der Waals surface area contributed by atoms with Crippen LogP contribution in [0, 0.1) is 6.92 Å². The van der Waals surface area contributed by atoms with E-state index in [0.717, 1.165) is 29.8 Å². The summed E-state index contributed by atoms with van der Waals surface area (Å²) in [5, 5.41) is 17.1. The minimum Gasteiger partial charge on any atom is -0.508 e. The molecule has 4 rings (SSSR count). The predicted molar refractivity (Wildman–Crippen MR) is 100 cm³/mol. The van der Waals surface area contributed by atoms with Crippen LogP contribution >= 0.6 is 0 Å². The van der Waals surface area contributed by atoms with Crippen molar-refractivity contribution in [2.75, 3.05) is 13.1 Å². The lowest BCUT2D eigenvalue weighted by Gasteiger charge is -2.20. The van der Waals surface area contributed by atoms with Gasteiger partial charge in [-0.15, -0.1) is 0 Å². The number of benzene rings is 2. The van der Waals surface area contributed by atoms with Crippen LogP contribution in [0.1, 0.15) is 27.2 Å². The molecule has 0 unspecified atom stereocenters. The molecule has 0 fully saturated rings. The number of rotatable bonds is 2. The van der Waals surface area contributed by atoms with E-state index in [0.29, 0.717) is 18.7 Å². The fourth-order valence-corrected chi connectivity index (χ4v) is 3.53. The standard InChI is InChI=1S/C21H21N3O2/c1-14-4-2-3-5-17(14)20-18-10-12-24(13-11-19(18)22-23-20)21(26)15-6-8-16(25)9-7-15/h2-9,25H,10-13H2,1H3,(H,22,23). The number of carbonyl (C=O) groups excluding carboxylic acids is 1. The molecule has 26 heavy (non-hydrogen) atoms. The van der Waals surface area contributed by atoms with E-state index in [9.17, 15) is 9.90 Å². The third-order valence-electron chi connectivity index (χ3n) is 5.02. The number of hydrogen-bond acceptors (Lipinski definition) is 3. The lowest BCUT2D eigenvalue weighted by Crippen LogP contribution is -2.33. The number of phenols is 1. The highest BCUT2D eigenvalue weighted by atomic mass is 16.3. The van der Waals surface area contributed by atoms with E-state index in [1.54, 1.807) is 24.3 Å². The van der Waals surface area contributed by atoms with E-state index in [1.807, 2.05) is 17.0 Å². The van der Waals surface area contributed by atoms with Crippen LogP contribution in [0.5, 0.6) is 5.75 Å². The fraction of sp³-hybridized carbons (Fsp3) is 0.238. The quantitative estimate of drug-likeness (QED) is 0.747. The van der Waals surface area contributed by atoms with Gasteiger partial charge in [0.25, 0.3) is 5.91 Å². The molecule has 0 saturated heterocycles. The molecule has 0 aliphatic carbocycles. The molecule has 2 N–H and O–H groups in total. The summed E-state index contributed by atoms with van der Waals surface area (Å²) in [7, 11) is 0. The highest BCUT2D eigenvalue weighted by Crippen LogP contribution is 2.29. The molecule has 1 amide bonds.